The number of rotatable bonds is 5. The number of ether oxygens (including phenoxy) is 1. The first-order valence-electron chi connectivity index (χ1n) is 7.89. The maximum atomic E-state index is 12.4. The van der Waals surface area contributed by atoms with Gasteiger partial charge in [-0.25, -0.2) is 0 Å². The summed E-state index contributed by atoms with van der Waals surface area (Å²) in [7, 11) is 0. The molecule has 2 N–H and O–H groups in total. The zero-order chi connectivity index (χ0) is 17.0. The Morgan fingerprint density at radius 1 is 1.35 bits per heavy atom. The topological polar surface area (TPSA) is 58.6 Å². The lowest BCUT2D eigenvalue weighted by Crippen LogP contribution is -2.33. The van der Waals surface area contributed by atoms with Crippen molar-refractivity contribution in [3.63, 3.8) is 0 Å². The smallest absolute Gasteiger partial charge is 0.387 e. The predicted octanol–water partition coefficient (Wildman–Crippen LogP) is 3.19. The fraction of sp³-hybridized carbons (Fsp3) is 0.588. The van der Waals surface area contributed by atoms with Crippen molar-refractivity contribution < 1.29 is 23.4 Å². The average molecular weight is 327 g/mol. The highest BCUT2D eigenvalue weighted by molar-refractivity contribution is 5.94. The van der Waals surface area contributed by atoms with Gasteiger partial charge >= 0.3 is 6.61 Å². The van der Waals surface area contributed by atoms with Crippen molar-refractivity contribution in [1.82, 2.24) is 5.32 Å². The van der Waals surface area contributed by atoms with E-state index in [9.17, 15) is 18.7 Å². The fourth-order valence-electron chi connectivity index (χ4n) is 3.14. The number of carbonyl (C=O) groups is 1. The van der Waals surface area contributed by atoms with E-state index < -0.39 is 6.61 Å². The van der Waals surface area contributed by atoms with Crippen molar-refractivity contribution in [1.29, 1.82) is 0 Å². The minimum Gasteiger partial charge on any atom is -0.434 e. The van der Waals surface area contributed by atoms with Crippen LogP contribution in [0.2, 0.25) is 0 Å². The third kappa shape index (κ3) is 4.89. The summed E-state index contributed by atoms with van der Waals surface area (Å²) in [5.74, 6) is 0.165. The van der Waals surface area contributed by atoms with Crippen LogP contribution in [0.3, 0.4) is 0 Å². The van der Waals surface area contributed by atoms with Gasteiger partial charge in [0.25, 0.3) is 5.91 Å². The van der Waals surface area contributed by atoms with Crippen molar-refractivity contribution in [3.8, 4) is 5.75 Å². The molecule has 1 aromatic carbocycles. The number of aryl methyl sites for hydroxylation is 2. The zero-order valence-corrected chi connectivity index (χ0v) is 13.4. The molecule has 1 amide bonds. The Labute approximate surface area is 134 Å². The van der Waals surface area contributed by atoms with Crippen molar-refractivity contribution in [2.75, 3.05) is 6.54 Å². The molecule has 1 saturated carbocycles. The molecule has 1 fully saturated rings. The molecule has 2 atom stereocenters. The number of aliphatic hydroxyl groups is 1. The summed E-state index contributed by atoms with van der Waals surface area (Å²) in [6.07, 6.45) is 3.23. The van der Waals surface area contributed by atoms with E-state index in [4.69, 9.17) is 0 Å². The van der Waals surface area contributed by atoms with Crippen LogP contribution < -0.4 is 10.1 Å². The number of aliphatic hydroxyl groups excluding tert-OH is 1. The van der Waals surface area contributed by atoms with Gasteiger partial charge < -0.3 is 15.2 Å². The molecular formula is C17H23F2NO3. The van der Waals surface area contributed by atoms with Gasteiger partial charge in [0.05, 0.1) is 6.10 Å². The number of halogens is 2. The Bertz CT molecular complexity index is 540. The number of hydrogen-bond donors (Lipinski definition) is 2. The van der Waals surface area contributed by atoms with Gasteiger partial charge in [0.2, 0.25) is 0 Å². The highest BCUT2D eigenvalue weighted by atomic mass is 19.3. The van der Waals surface area contributed by atoms with Crippen LogP contribution in [-0.2, 0) is 0 Å². The van der Waals surface area contributed by atoms with Gasteiger partial charge in [-0.3, -0.25) is 4.79 Å². The molecule has 6 heteroatoms. The molecule has 1 aliphatic carbocycles. The Balaban J connectivity index is 1.99. The number of alkyl halides is 2. The lowest BCUT2D eigenvalue weighted by Gasteiger charge is -2.26. The maximum absolute atomic E-state index is 12.4. The predicted molar refractivity (Wildman–Crippen MR) is 82.8 cm³/mol. The quantitative estimate of drug-likeness (QED) is 0.873. The summed E-state index contributed by atoms with van der Waals surface area (Å²) in [6, 6.07) is 3.10. The van der Waals surface area contributed by atoms with E-state index in [1.54, 1.807) is 26.0 Å². The zero-order valence-electron chi connectivity index (χ0n) is 13.4. The average Bonchev–Trinajstić information content (AvgIpc) is 2.48. The number of benzene rings is 1. The molecule has 0 spiro atoms. The van der Waals surface area contributed by atoms with Crippen LogP contribution in [0.1, 0.15) is 47.2 Å². The Hall–Kier alpha value is -1.69. The van der Waals surface area contributed by atoms with Crippen molar-refractivity contribution in [2.45, 2.75) is 52.2 Å². The molecule has 0 saturated heterocycles. The maximum Gasteiger partial charge on any atom is 0.387 e. The molecule has 0 heterocycles. The standard InChI is InChI=1S/C17H23F2NO3/c1-10-6-13(7-11(2)15(10)23-17(18)19)16(22)20-9-12-4-3-5-14(21)8-12/h6-7,12,14,17,21H,3-5,8-9H2,1-2H3,(H,20,22). The second kappa shape index (κ2) is 7.73. The van der Waals surface area contributed by atoms with Gasteiger partial charge in [0.1, 0.15) is 5.75 Å². The van der Waals surface area contributed by atoms with E-state index in [0.717, 1.165) is 19.3 Å². The largest absolute Gasteiger partial charge is 0.434 e. The molecule has 23 heavy (non-hydrogen) atoms. The Kier molecular flexibility index (Phi) is 5.93. The molecule has 1 aliphatic rings. The minimum atomic E-state index is -2.88. The Morgan fingerprint density at radius 3 is 2.57 bits per heavy atom. The van der Waals surface area contributed by atoms with Gasteiger partial charge in [-0.05, 0) is 62.3 Å². The van der Waals surface area contributed by atoms with Gasteiger partial charge in [-0.15, -0.1) is 0 Å². The monoisotopic (exact) mass is 327 g/mol. The summed E-state index contributed by atoms with van der Waals surface area (Å²) in [6.45, 7) is 0.908. The molecule has 1 aromatic rings. The highest BCUT2D eigenvalue weighted by Crippen LogP contribution is 2.27. The number of carbonyl (C=O) groups excluding carboxylic acids is 1. The second-order valence-electron chi connectivity index (χ2n) is 6.21. The lowest BCUT2D eigenvalue weighted by atomic mass is 9.87. The van der Waals surface area contributed by atoms with Crippen LogP contribution in [0.5, 0.6) is 5.75 Å². The van der Waals surface area contributed by atoms with Crippen LogP contribution in [0.25, 0.3) is 0 Å². The number of nitrogens with one attached hydrogen (secondary N) is 1. The number of amides is 1. The third-order valence-corrected chi connectivity index (χ3v) is 4.24. The summed E-state index contributed by atoms with van der Waals surface area (Å²) >= 11 is 0. The van der Waals surface area contributed by atoms with E-state index in [1.165, 1.54) is 0 Å². The van der Waals surface area contributed by atoms with Crippen molar-refractivity contribution in [2.24, 2.45) is 5.92 Å². The molecule has 0 radical (unpaired) electrons. The van der Waals surface area contributed by atoms with Crippen molar-refractivity contribution in [3.05, 3.63) is 28.8 Å². The summed E-state index contributed by atoms with van der Waals surface area (Å²) in [4.78, 5) is 12.2. The fourth-order valence-corrected chi connectivity index (χ4v) is 3.14. The van der Waals surface area contributed by atoms with Gasteiger partial charge in [0, 0.05) is 12.1 Å². The molecule has 0 bridgehead atoms. The molecule has 0 aliphatic heterocycles. The molecule has 4 nitrogen and oxygen atoms in total. The molecule has 128 valence electrons. The summed E-state index contributed by atoms with van der Waals surface area (Å²) in [5.41, 5.74) is 1.44. The minimum absolute atomic E-state index is 0.118. The first-order valence-corrected chi connectivity index (χ1v) is 7.89. The lowest BCUT2D eigenvalue weighted by molar-refractivity contribution is -0.0507. The summed E-state index contributed by atoms with van der Waals surface area (Å²) < 4.78 is 29.2. The summed E-state index contributed by atoms with van der Waals surface area (Å²) in [5, 5.41) is 12.5. The normalized spacial score (nSPS) is 21.3. The first-order chi connectivity index (χ1) is 10.9. The van der Waals surface area contributed by atoms with E-state index >= 15 is 0 Å². The SMILES string of the molecule is Cc1cc(C(=O)NCC2CCCC(O)C2)cc(C)c1OC(F)F. The second-order valence-corrected chi connectivity index (χ2v) is 6.21. The van der Waals surface area contributed by atoms with Crippen LogP contribution in [0.15, 0.2) is 12.1 Å². The van der Waals surface area contributed by atoms with Gasteiger partial charge in [-0.2, -0.15) is 8.78 Å². The first kappa shape index (κ1) is 17.7. The van der Waals surface area contributed by atoms with Crippen LogP contribution in [0.4, 0.5) is 8.78 Å². The molecule has 0 aromatic heterocycles. The van der Waals surface area contributed by atoms with E-state index in [0.29, 0.717) is 29.7 Å². The van der Waals surface area contributed by atoms with Crippen LogP contribution in [0, 0.1) is 19.8 Å². The van der Waals surface area contributed by atoms with Gasteiger partial charge in [-0.1, -0.05) is 6.42 Å². The van der Waals surface area contributed by atoms with Gasteiger partial charge in [0.15, 0.2) is 0 Å². The van der Waals surface area contributed by atoms with Crippen molar-refractivity contribution >= 4 is 5.91 Å². The number of hydrogen-bond acceptors (Lipinski definition) is 3. The van der Waals surface area contributed by atoms with Crippen LogP contribution >= 0.6 is 0 Å². The molecule has 2 rings (SSSR count). The van der Waals surface area contributed by atoms with Crippen LogP contribution in [-0.4, -0.2) is 30.3 Å². The van der Waals surface area contributed by atoms with E-state index in [1.807, 2.05) is 0 Å². The highest BCUT2D eigenvalue weighted by Gasteiger charge is 2.21. The third-order valence-electron chi connectivity index (χ3n) is 4.24. The van der Waals surface area contributed by atoms with E-state index in [2.05, 4.69) is 10.1 Å². The molecule has 2 unspecified atom stereocenters. The Morgan fingerprint density at radius 2 is 2.00 bits per heavy atom. The van der Waals surface area contributed by atoms with E-state index in [-0.39, 0.29) is 23.7 Å². The molecular weight excluding hydrogens is 304 g/mol.